The summed E-state index contributed by atoms with van der Waals surface area (Å²) in [5.74, 6) is 0.384. The Morgan fingerprint density at radius 2 is 2.15 bits per heavy atom. The van der Waals surface area contributed by atoms with Gasteiger partial charge in [0.15, 0.2) is 0 Å². The molecule has 2 rings (SSSR count). The molecule has 1 aromatic rings. The first kappa shape index (κ1) is 25.0. The van der Waals surface area contributed by atoms with Crippen LogP contribution in [0.15, 0.2) is 12.3 Å². The fourth-order valence-corrected chi connectivity index (χ4v) is 2.63. The third-order valence-corrected chi connectivity index (χ3v) is 4.01. The summed E-state index contributed by atoms with van der Waals surface area (Å²) in [6, 6.07) is 0.762. The largest absolute Gasteiger partial charge is 0.475 e. The molecule has 0 radical (unpaired) electrons. The molecule has 0 saturated carbocycles. The van der Waals surface area contributed by atoms with Gasteiger partial charge in [-0.05, 0) is 37.9 Å². The third-order valence-electron chi connectivity index (χ3n) is 3.74. The first-order valence-corrected chi connectivity index (χ1v) is 8.07. The molecule has 1 aliphatic heterocycles. The van der Waals surface area contributed by atoms with Crippen LogP contribution in [0, 0.1) is 5.92 Å². The molecule has 1 fully saturated rings. The second kappa shape index (κ2) is 11.7. The van der Waals surface area contributed by atoms with Crippen LogP contribution in [0.1, 0.15) is 24.8 Å². The van der Waals surface area contributed by atoms with Crippen molar-refractivity contribution in [1.82, 2.24) is 15.6 Å². The molecule has 5 nitrogen and oxygen atoms in total. The SMILES string of the molecule is Cl.Cl.O=C(CCC1CCNC1)NCCOc1ncc(C(F)(F)F)cc1Cl. The minimum atomic E-state index is -4.50. The fraction of sp³-hybridized carbons (Fsp3) is 0.600. The molecular weight excluding hydrogens is 418 g/mol. The average molecular weight is 439 g/mol. The molecule has 1 saturated heterocycles. The van der Waals surface area contributed by atoms with E-state index in [-0.39, 0.29) is 54.8 Å². The Balaban J connectivity index is 0.00000312. The zero-order valence-corrected chi connectivity index (χ0v) is 16.2. The summed E-state index contributed by atoms with van der Waals surface area (Å²) < 4.78 is 42.7. The van der Waals surface area contributed by atoms with Crippen molar-refractivity contribution < 1.29 is 22.7 Å². The Morgan fingerprint density at radius 3 is 2.73 bits per heavy atom. The molecule has 1 aromatic heterocycles. The van der Waals surface area contributed by atoms with Gasteiger partial charge in [0.1, 0.15) is 11.6 Å². The van der Waals surface area contributed by atoms with Crippen LogP contribution in [0.25, 0.3) is 0 Å². The zero-order chi connectivity index (χ0) is 17.6. The lowest BCUT2D eigenvalue weighted by molar-refractivity contribution is -0.137. The van der Waals surface area contributed by atoms with Gasteiger partial charge >= 0.3 is 6.18 Å². The van der Waals surface area contributed by atoms with Crippen molar-refractivity contribution >= 4 is 42.3 Å². The van der Waals surface area contributed by atoms with Crippen molar-refractivity contribution in [1.29, 1.82) is 0 Å². The molecule has 0 aliphatic carbocycles. The van der Waals surface area contributed by atoms with Crippen molar-refractivity contribution in [2.24, 2.45) is 5.92 Å². The number of ether oxygens (including phenoxy) is 1. The minimum Gasteiger partial charge on any atom is -0.475 e. The van der Waals surface area contributed by atoms with Crippen LogP contribution in [0.4, 0.5) is 13.2 Å². The molecule has 1 atom stereocenters. The monoisotopic (exact) mass is 437 g/mol. The van der Waals surface area contributed by atoms with Gasteiger partial charge in [-0.15, -0.1) is 24.8 Å². The molecule has 1 aliphatic rings. The molecule has 1 unspecified atom stereocenters. The molecule has 2 N–H and O–H groups in total. The maximum absolute atomic E-state index is 12.5. The number of hydrogen-bond donors (Lipinski definition) is 2. The number of nitrogens with one attached hydrogen (secondary N) is 2. The lowest BCUT2D eigenvalue weighted by atomic mass is 10.0. The highest BCUT2D eigenvalue weighted by Gasteiger charge is 2.31. The van der Waals surface area contributed by atoms with Gasteiger partial charge in [0.25, 0.3) is 0 Å². The molecule has 11 heteroatoms. The van der Waals surface area contributed by atoms with E-state index >= 15 is 0 Å². The molecule has 0 aromatic carbocycles. The van der Waals surface area contributed by atoms with Gasteiger partial charge in [-0.25, -0.2) is 4.98 Å². The molecule has 0 spiro atoms. The van der Waals surface area contributed by atoms with Gasteiger partial charge in [-0.3, -0.25) is 4.79 Å². The van der Waals surface area contributed by atoms with E-state index in [2.05, 4.69) is 15.6 Å². The fourth-order valence-electron chi connectivity index (χ4n) is 2.41. The van der Waals surface area contributed by atoms with Gasteiger partial charge < -0.3 is 15.4 Å². The smallest absolute Gasteiger partial charge is 0.417 e. The molecule has 26 heavy (non-hydrogen) atoms. The van der Waals surface area contributed by atoms with Crippen LogP contribution in [0.5, 0.6) is 5.88 Å². The van der Waals surface area contributed by atoms with E-state index in [1.54, 1.807) is 0 Å². The Labute approximate surface area is 167 Å². The predicted octanol–water partition coefficient (Wildman–Crippen LogP) is 3.48. The Hall–Kier alpha value is -0.960. The van der Waals surface area contributed by atoms with Crippen molar-refractivity contribution in [3.05, 3.63) is 22.8 Å². The second-order valence-corrected chi connectivity index (χ2v) is 6.01. The van der Waals surface area contributed by atoms with Gasteiger partial charge in [0.05, 0.1) is 12.1 Å². The number of amides is 1. The summed E-state index contributed by atoms with van der Waals surface area (Å²) in [5.41, 5.74) is -0.936. The maximum atomic E-state index is 12.5. The molecule has 0 bridgehead atoms. The number of nitrogens with zero attached hydrogens (tertiary/aromatic N) is 1. The Morgan fingerprint density at radius 1 is 1.42 bits per heavy atom. The van der Waals surface area contributed by atoms with Gasteiger partial charge in [-0.2, -0.15) is 13.2 Å². The number of alkyl halides is 3. The molecule has 150 valence electrons. The standard InChI is InChI=1S/C15H19ClF3N3O2.2ClH/c16-12-7-11(15(17,18)19)9-22-14(12)24-6-5-21-13(23)2-1-10-3-4-20-8-10;;/h7,9-10,20H,1-6,8H2,(H,21,23);2*1H. The number of halogens is 6. The number of aromatic nitrogens is 1. The summed E-state index contributed by atoms with van der Waals surface area (Å²) in [6.07, 6.45) is -1.46. The summed E-state index contributed by atoms with van der Waals surface area (Å²) in [6.45, 7) is 2.27. The van der Waals surface area contributed by atoms with Crippen LogP contribution in [0.2, 0.25) is 5.02 Å². The minimum absolute atomic E-state index is 0. The van der Waals surface area contributed by atoms with Crippen molar-refractivity contribution in [3.63, 3.8) is 0 Å². The van der Waals surface area contributed by atoms with E-state index in [4.69, 9.17) is 16.3 Å². The number of pyridine rings is 1. The lowest BCUT2D eigenvalue weighted by Gasteiger charge is -2.11. The third kappa shape index (κ3) is 8.16. The summed E-state index contributed by atoms with van der Waals surface area (Å²) in [5, 5.41) is 5.72. The van der Waals surface area contributed by atoms with Gasteiger partial charge in [0, 0.05) is 12.6 Å². The van der Waals surface area contributed by atoms with E-state index in [9.17, 15) is 18.0 Å². The van der Waals surface area contributed by atoms with E-state index < -0.39 is 11.7 Å². The maximum Gasteiger partial charge on any atom is 0.417 e. The topological polar surface area (TPSA) is 63.2 Å². The zero-order valence-electron chi connectivity index (χ0n) is 13.8. The normalized spacial score (nSPS) is 16.4. The van der Waals surface area contributed by atoms with Crippen molar-refractivity contribution in [2.45, 2.75) is 25.4 Å². The number of carbonyl (C=O) groups excluding carboxylic acids is 1. The summed E-state index contributed by atoms with van der Waals surface area (Å²) in [4.78, 5) is 15.2. The van der Waals surface area contributed by atoms with Gasteiger partial charge in [0.2, 0.25) is 11.8 Å². The summed E-state index contributed by atoms with van der Waals surface area (Å²) in [7, 11) is 0. The quantitative estimate of drug-likeness (QED) is 0.640. The first-order chi connectivity index (χ1) is 11.4. The number of carbonyl (C=O) groups is 1. The van der Waals surface area contributed by atoms with Crippen LogP contribution in [-0.2, 0) is 11.0 Å². The van der Waals surface area contributed by atoms with Crippen LogP contribution < -0.4 is 15.4 Å². The highest BCUT2D eigenvalue weighted by Crippen LogP contribution is 2.32. The molecule has 2 heterocycles. The highest BCUT2D eigenvalue weighted by molar-refractivity contribution is 6.31. The molecule has 1 amide bonds. The van der Waals surface area contributed by atoms with Crippen LogP contribution in [0.3, 0.4) is 0 Å². The van der Waals surface area contributed by atoms with E-state index in [1.165, 1.54) is 0 Å². The highest BCUT2D eigenvalue weighted by atomic mass is 35.5. The molecular formula is C15H21Cl3F3N3O2. The summed E-state index contributed by atoms with van der Waals surface area (Å²) >= 11 is 5.72. The Bertz CT molecular complexity index is 571. The first-order valence-electron chi connectivity index (χ1n) is 7.69. The lowest BCUT2D eigenvalue weighted by Crippen LogP contribution is -2.28. The van der Waals surface area contributed by atoms with Crippen molar-refractivity contribution in [3.8, 4) is 5.88 Å². The predicted molar refractivity (Wildman–Crippen MR) is 97.5 cm³/mol. The average Bonchev–Trinajstić information content (AvgIpc) is 3.03. The van der Waals surface area contributed by atoms with Crippen LogP contribution >= 0.6 is 36.4 Å². The van der Waals surface area contributed by atoms with E-state index in [0.29, 0.717) is 18.5 Å². The van der Waals surface area contributed by atoms with Crippen LogP contribution in [-0.4, -0.2) is 37.1 Å². The second-order valence-electron chi connectivity index (χ2n) is 5.60. The number of rotatable bonds is 7. The Kier molecular flexibility index (Phi) is 11.3. The van der Waals surface area contributed by atoms with Crippen molar-refractivity contribution in [2.75, 3.05) is 26.2 Å². The van der Waals surface area contributed by atoms with E-state index in [0.717, 1.165) is 32.0 Å². The number of hydrogen-bond acceptors (Lipinski definition) is 4. The van der Waals surface area contributed by atoms with Gasteiger partial charge in [-0.1, -0.05) is 11.6 Å². The van der Waals surface area contributed by atoms with E-state index in [1.807, 2.05) is 0 Å².